The molecular formula is C13H21NOS. The molecule has 3 heteroatoms. The molecule has 1 aromatic rings. The SMILES string of the molecule is Cc1cc(CNCC2(C)CCCO2)c(C)s1. The molecule has 1 aromatic heterocycles. The molecule has 2 heterocycles. The molecule has 1 saturated heterocycles. The predicted molar refractivity (Wildman–Crippen MR) is 69.1 cm³/mol. The van der Waals surface area contributed by atoms with Gasteiger partial charge in [-0.2, -0.15) is 0 Å². The summed E-state index contributed by atoms with van der Waals surface area (Å²) < 4.78 is 5.75. The van der Waals surface area contributed by atoms with Gasteiger partial charge in [0.1, 0.15) is 0 Å². The Labute approximate surface area is 102 Å². The van der Waals surface area contributed by atoms with Crippen molar-refractivity contribution in [3.63, 3.8) is 0 Å². The van der Waals surface area contributed by atoms with Gasteiger partial charge in [-0.15, -0.1) is 11.3 Å². The van der Waals surface area contributed by atoms with Gasteiger partial charge in [0.05, 0.1) is 5.60 Å². The molecule has 16 heavy (non-hydrogen) atoms. The van der Waals surface area contributed by atoms with Crippen LogP contribution < -0.4 is 5.32 Å². The zero-order valence-corrected chi connectivity index (χ0v) is 11.2. The van der Waals surface area contributed by atoms with Crippen molar-refractivity contribution in [1.82, 2.24) is 5.32 Å². The number of thiophene rings is 1. The minimum atomic E-state index is 0.0684. The zero-order valence-electron chi connectivity index (χ0n) is 10.4. The van der Waals surface area contributed by atoms with Crippen LogP contribution >= 0.6 is 11.3 Å². The molecule has 1 fully saturated rings. The average molecular weight is 239 g/mol. The molecule has 0 spiro atoms. The van der Waals surface area contributed by atoms with Crippen molar-refractivity contribution < 1.29 is 4.74 Å². The molecule has 2 rings (SSSR count). The van der Waals surface area contributed by atoms with Gasteiger partial charge in [0, 0.05) is 29.5 Å². The first-order valence-corrected chi connectivity index (χ1v) is 6.81. The molecule has 1 unspecified atom stereocenters. The molecule has 1 aliphatic heterocycles. The Morgan fingerprint density at radius 1 is 1.50 bits per heavy atom. The van der Waals surface area contributed by atoms with Gasteiger partial charge in [0.2, 0.25) is 0 Å². The van der Waals surface area contributed by atoms with Crippen molar-refractivity contribution >= 4 is 11.3 Å². The maximum atomic E-state index is 5.75. The monoisotopic (exact) mass is 239 g/mol. The highest BCUT2D eigenvalue weighted by Crippen LogP contribution is 2.24. The van der Waals surface area contributed by atoms with Crippen molar-refractivity contribution in [2.45, 2.75) is 45.8 Å². The number of aryl methyl sites for hydroxylation is 2. The first-order valence-electron chi connectivity index (χ1n) is 6.00. The van der Waals surface area contributed by atoms with Crippen molar-refractivity contribution in [3.05, 3.63) is 21.4 Å². The van der Waals surface area contributed by atoms with E-state index in [9.17, 15) is 0 Å². The number of nitrogens with one attached hydrogen (secondary N) is 1. The van der Waals surface area contributed by atoms with Gasteiger partial charge >= 0.3 is 0 Å². The third-order valence-corrected chi connectivity index (χ3v) is 4.27. The van der Waals surface area contributed by atoms with Gasteiger partial charge in [-0.05, 0) is 45.2 Å². The Bertz CT molecular complexity index is 353. The van der Waals surface area contributed by atoms with Crippen LogP contribution in [0.25, 0.3) is 0 Å². The third-order valence-electron chi connectivity index (χ3n) is 3.26. The topological polar surface area (TPSA) is 21.3 Å². The lowest BCUT2D eigenvalue weighted by atomic mass is 10.0. The lowest BCUT2D eigenvalue weighted by Crippen LogP contribution is -2.36. The highest BCUT2D eigenvalue weighted by Gasteiger charge is 2.28. The molecule has 1 aliphatic rings. The quantitative estimate of drug-likeness (QED) is 0.872. The molecular weight excluding hydrogens is 218 g/mol. The standard InChI is InChI=1S/C13H21NOS/c1-10-7-12(11(2)16-10)8-14-9-13(3)5-4-6-15-13/h7,14H,4-6,8-9H2,1-3H3. The summed E-state index contributed by atoms with van der Waals surface area (Å²) in [5, 5.41) is 3.52. The van der Waals surface area contributed by atoms with E-state index in [1.165, 1.54) is 28.2 Å². The van der Waals surface area contributed by atoms with Crippen LogP contribution in [0, 0.1) is 13.8 Å². The van der Waals surface area contributed by atoms with Gasteiger partial charge in [-0.1, -0.05) is 0 Å². The second kappa shape index (κ2) is 4.86. The van der Waals surface area contributed by atoms with Crippen LogP contribution in [-0.4, -0.2) is 18.8 Å². The third kappa shape index (κ3) is 2.84. The highest BCUT2D eigenvalue weighted by molar-refractivity contribution is 7.12. The zero-order chi connectivity index (χ0) is 11.6. The van der Waals surface area contributed by atoms with Crippen molar-refractivity contribution in [2.75, 3.05) is 13.2 Å². The van der Waals surface area contributed by atoms with Crippen LogP contribution in [0.2, 0.25) is 0 Å². The minimum absolute atomic E-state index is 0.0684. The molecule has 1 atom stereocenters. The van der Waals surface area contributed by atoms with E-state index in [2.05, 4.69) is 32.2 Å². The van der Waals surface area contributed by atoms with E-state index in [0.29, 0.717) is 0 Å². The number of ether oxygens (including phenoxy) is 1. The van der Waals surface area contributed by atoms with Gasteiger partial charge in [-0.3, -0.25) is 0 Å². The van der Waals surface area contributed by atoms with Crippen LogP contribution in [0.3, 0.4) is 0 Å². The number of rotatable bonds is 4. The van der Waals surface area contributed by atoms with Crippen LogP contribution in [-0.2, 0) is 11.3 Å². The Morgan fingerprint density at radius 2 is 2.31 bits per heavy atom. The van der Waals surface area contributed by atoms with Crippen LogP contribution in [0.4, 0.5) is 0 Å². The first-order chi connectivity index (χ1) is 7.59. The Balaban J connectivity index is 1.81. The van der Waals surface area contributed by atoms with E-state index in [4.69, 9.17) is 4.74 Å². The minimum Gasteiger partial charge on any atom is -0.374 e. The van der Waals surface area contributed by atoms with Crippen molar-refractivity contribution in [3.8, 4) is 0 Å². The Kier molecular flexibility index (Phi) is 3.67. The summed E-state index contributed by atoms with van der Waals surface area (Å²) in [6, 6.07) is 2.28. The highest BCUT2D eigenvalue weighted by atomic mass is 32.1. The summed E-state index contributed by atoms with van der Waals surface area (Å²) in [5.74, 6) is 0. The molecule has 1 N–H and O–H groups in total. The Morgan fingerprint density at radius 3 is 2.88 bits per heavy atom. The summed E-state index contributed by atoms with van der Waals surface area (Å²) in [4.78, 5) is 2.83. The van der Waals surface area contributed by atoms with E-state index in [1.807, 2.05) is 11.3 Å². The van der Waals surface area contributed by atoms with Crippen molar-refractivity contribution in [2.24, 2.45) is 0 Å². The van der Waals surface area contributed by atoms with Crippen molar-refractivity contribution in [1.29, 1.82) is 0 Å². The summed E-state index contributed by atoms with van der Waals surface area (Å²) >= 11 is 1.88. The fourth-order valence-corrected chi connectivity index (χ4v) is 3.24. The van der Waals surface area contributed by atoms with Crippen LogP contribution in [0.1, 0.15) is 35.1 Å². The van der Waals surface area contributed by atoms with Crippen LogP contribution in [0.5, 0.6) is 0 Å². The summed E-state index contributed by atoms with van der Waals surface area (Å²) in [6.45, 7) is 9.43. The summed E-state index contributed by atoms with van der Waals surface area (Å²) in [6.07, 6.45) is 2.39. The number of hydrogen-bond acceptors (Lipinski definition) is 3. The average Bonchev–Trinajstić information content (AvgIpc) is 2.75. The summed E-state index contributed by atoms with van der Waals surface area (Å²) in [7, 11) is 0. The van der Waals surface area contributed by atoms with Crippen LogP contribution in [0.15, 0.2) is 6.07 Å². The number of hydrogen-bond donors (Lipinski definition) is 1. The molecule has 0 aromatic carbocycles. The summed E-state index contributed by atoms with van der Waals surface area (Å²) in [5.41, 5.74) is 1.50. The lowest BCUT2D eigenvalue weighted by molar-refractivity contribution is 0.0207. The molecule has 0 radical (unpaired) electrons. The largest absolute Gasteiger partial charge is 0.374 e. The first kappa shape index (κ1) is 12.1. The van der Waals surface area contributed by atoms with E-state index in [-0.39, 0.29) is 5.60 Å². The van der Waals surface area contributed by atoms with Gasteiger partial charge in [0.15, 0.2) is 0 Å². The van der Waals surface area contributed by atoms with E-state index < -0.39 is 0 Å². The van der Waals surface area contributed by atoms with Gasteiger partial charge in [-0.25, -0.2) is 0 Å². The predicted octanol–water partition coefficient (Wildman–Crippen LogP) is 3.02. The lowest BCUT2D eigenvalue weighted by Gasteiger charge is -2.23. The Hall–Kier alpha value is -0.380. The molecule has 90 valence electrons. The molecule has 0 bridgehead atoms. The van der Waals surface area contributed by atoms with Gasteiger partial charge in [0.25, 0.3) is 0 Å². The van der Waals surface area contributed by atoms with E-state index in [1.54, 1.807) is 0 Å². The molecule has 0 saturated carbocycles. The smallest absolute Gasteiger partial charge is 0.0779 e. The maximum absolute atomic E-state index is 5.75. The van der Waals surface area contributed by atoms with Gasteiger partial charge < -0.3 is 10.1 Å². The second-order valence-corrected chi connectivity index (χ2v) is 6.40. The molecule has 2 nitrogen and oxygen atoms in total. The fourth-order valence-electron chi connectivity index (χ4n) is 2.30. The molecule has 0 amide bonds. The normalized spacial score (nSPS) is 25.2. The second-order valence-electron chi connectivity index (χ2n) is 4.94. The molecule has 0 aliphatic carbocycles. The fraction of sp³-hybridized carbons (Fsp3) is 0.692. The van der Waals surface area contributed by atoms with E-state index >= 15 is 0 Å². The maximum Gasteiger partial charge on any atom is 0.0779 e. The van der Waals surface area contributed by atoms with E-state index in [0.717, 1.165) is 19.7 Å².